The minimum Gasteiger partial charge on any atom is -0.381 e. The molecule has 0 aromatic rings. The molecular weight excluding hydrogens is 269 g/mol. The molecule has 1 saturated carbocycles. The van der Waals surface area contributed by atoms with Crippen molar-refractivity contribution in [3.8, 4) is 0 Å². The fourth-order valence-corrected chi connectivity index (χ4v) is 3.31. The molecule has 2 aliphatic rings. The number of ether oxygens (including phenoxy) is 1. The van der Waals surface area contributed by atoms with Gasteiger partial charge in [-0.1, -0.05) is 0 Å². The normalized spacial score (nSPS) is 32.7. The molecule has 1 unspecified atom stereocenters. The number of methoxy groups -OCH3 is 1. The Kier molecular flexibility index (Phi) is 5.69. The van der Waals surface area contributed by atoms with Crippen molar-refractivity contribution in [1.29, 1.82) is 0 Å². The summed E-state index contributed by atoms with van der Waals surface area (Å²) >= 11 is 0. The quantitative estimate of drug-likeness (QED) is 0.843. The Morgan fingerprint density at radius 1 is 1.15 bits per heavy atom. The highest BCUT2D eigenvalue weighted by molar-refractivity contribution is 4.82. The molecule has 0 bridgehead atoms. The lowest BCUT2D eigenvalue weighted by molar-refractivity contribution is -0.143. The van der Waals surface area contributed by atoms with E-state index in [2.05, 4.69) is 5.32 Å². The van der Waals surface area contributed by atoms with Gasteiger partial charge in [0.05, 0.1) is 12.6 Å². The number of alkyl halides is 3. The second-order valence-electron chi connectivity index (χ2n) is 6.12. The molecule has 1 heterocycles. The summed E-state index contributed by atoms with van der Waals surface area (Å²) in [5.74, 6) is 0.359. The van der Waals surface area contributed by atoms with Crippen LogP contribution in [0.1, 0.15) is 32.1 Å². The number of nitrogens with one attached hydrogen (secondary N) is 1. The highest BCUT2D eigenvalue weighted by atomic mass is 19.4. The molecule has 2 rings (SSSR count). The van der Waals surface area contributed by atoms with Crippen molar-refractivity contribution in [1.82, 2.24) is 10.2 Å². The van der Waals surface area contributed by atoms with Crippen molar-refractivity contribution >= 4 is 0 Å². The van der Waals surface area contributed by atoms with Crippen LogP contribution in [0.3, 0.4) is 0 Å². The molecule has 20 heavy (non-hydrogen) atoms. The molecule has 0 spiro atoms. The fourth-order valence-electron chi connectivity index (χ4n) is 3.31. The van der Waals surface area contributed by atoms with Gasteiger partial charge in [0.15, 0.2) is 0 Å². The molecule has 1 aliphatic heterocycles. The maximum Gasteiger partial charge on any atom is 0.401 e. The monoisotopic (exact) mass is 294 g/mol. The molecule has 0 aromatic heterocycles. The van der Waals surface area contributed by atoms with Crippen LogP contribution >= 0.6 is 0 Å². The number of hydrogen-bond donors (Lipinski definition) is 1. The first-order valence-corrected chi connectivity index (χ1v) is 7.51. The van der Waals surface area contributed by atoms with Crippen LogP contribution in [0.5, 0.6) is 0 Å². The van der Waals surface area contributed by atoms with Crippen LogP contribution < -0.4 is 5.32 Å². The first kappa shape index (κ1) is 16.0. The summed E-state index contributed by atoms with van der Waals surface area (Å²) in [7, 11) is 1.76. The van der Waals surface area contributed by atoms with Gasteiger partial charge in [-0.3, -0.25) is 4.90 Å². The summed E-state index contributed by atoms with van der Waals surface area (Å²) in [6.45, 7) is 1.22. The number of hydrogen-bond acceptors (Lipinski definition) is 3. The smallest absolute Gasteiger partial charge is 0.381 e. The van der Waals surface area contributed by atoms with E-state index in [9.17, 15) is 13.2 Å². The van der Waals surface area contributed by atoms with Crippen LogP contribution in [-0.2, 0) is 4.74 Å². The van der Waals surface area contributed by atoms with E-state index >= 15 is 0 Å². The number of likely N-dealkylation sites (tertiary alicyclic amines) is 1. The highest BCUT2D eigenvalue weighted by Crippen LogP contribution is 2.24. The lowest BCUT2D eigenvalue weighted by Gasteiger charge is -2.29. The minimum atomic E-state index is -4.07. The van der Waals surface area contributed by atoms with Crippen molar-refractivity contribution in [2.75, 3.05) is 33.3 Å². The van der Waals surface area contributed by atoms with Crippen molar-refractivity contribution < 1.29 is 17.9 Å². The van der Waals surface area contributed by atoms with Gasteiger partial charge in [0, 0.05) is 19.7 Å². The first-order valence-electron chi connectivity index (χ1n) is 7.51. The zero-order valence-electron chi connectivity index (χ0n) is 12.1. The molecule has 3 nitrogen and oxygen atoms in total. The molecule has 0 radical (unpaired) electrons. The lowest BCUT2D eigenvalue weighted by Crippen LogP contribution is -2.39. The van der Waals surface area contributed by atoms with Gasteiger partial charge >= 0.3 is 6.18 Å². The van der Waals surface area contributed by atoms with Crippen LogP contribution in [0.25, 0.3) is 0 Å². The second-order valence-corrected chi connectivity index (χ2v) is 6.12. The van der Waals surface area contributed by atoms with E-state index < -0.39 is 12.7 Å². The zero-order chi connectivity index (χ0) is 14.6. The van der Waals surface area contributed by atoms with Crippen LogP contribution in [0.4, 0.5) is 13.2 Å². The van der Waals surface area contributed by atoms with Gasteiger partial charge in [0.2, 0.25) is 0 Å². The van der Waals surface area contributed by atoms with Gasteiger partial charge in [-0.2, -0.15) is 13.2 Å². The minimum absolute atomic E-state index is 0.359. The lowest BCUT2D eigenvalue weighted by atomic mass is 9.92. The predicted octanol–water partition coefficient (Wildman–Crippen LogP) is 2.42. The first-order chi connectivity index (χ1) is 9.46. The summed E-state index contributed by atoms with van der Waals surface area (Å²) in [5.41, 5.74) is 0. The van der Waals surface area contributed by atoms with E-state index in [1.165, 1.54) is 4.90 Å². The standard InChI is InChI=1S/C14H25F3N2O/c1-20-13-4-2-12(3-5-13)18-8-11-6-7-19(9-11)10-14(15,16)17/h11-13,18H,2-10H2,1H3. The summed E-state index contributed by atoms with van der Waals surface area (Å²) in [6.07, 6.45) is 1.58. The SMILES string of the molecule is COC1CCC(NCC2CCN(CC(F)(F)F)C2)CC1. The van der Waals surface area contributed by atoms with Crippen LogP contribution in [0.15, 0.2) is 0 Å². The second kappa shape index (κ2) is 7.09. The molecule has 1 N–H and O–H groups in total. The summed E-state index contributed by atoms with van der Waals surface area (Å²) < 4.78 is 42.3. The van der Waals surface area contributed by atoms with Crippen LogP contribution in [0, 0.1) is 5.92 Å². The third kappa shape index (κ3) is 5.22. The van der Waals surface area contributed by atoms with E-state index in [0.717, 1.165) is 38.6 Å². The van der Waals surface area contributed by atoms with Crippen LogP contribution in [-0.4, -0.2) is 56.5 Å². The average molecular weight is 294 g/mol. The summed E-state index contributed by atoms with van der Waals surface area (Å²) in [4.78, 5) is 1.52. The van der Waals surface area contributed by atoms with Crippen molar-refractivity contribution in [2.45, 2.75) is 50.4 Å². The topological polar surface area (TPSA) is 24.5 Å². The third-order valence-corrected chi connectivity index (χ3v) is 4.48. The molecule has 6 heteroatoms. The maximum absolute atomic E-state index is 12.3. The van der Waals surface area contributed by atoms with Gasteiger partial charge in [-0.25, -0.2) is 0 Å². The molecule has 118 valence electrons. The van der Waals surface area contributed by atoms with Gasteiger partial charge in [-0.15, -0.1) is 0 Å². The van der Waals surface area contributed by atoms with E-state index in [1.54, 1.807) is 7.11 Å². The van der Waals surface area contributed by atoms with E-state index in [-0.39, 0.29) is 0 Å². The molecule has 1 saturated heterocycles. The van der Waals surface area contributed by atoms with E-state index in [4.69, 9.17) is 4.74 Å². The van der Waals surface area contributed by atoms with Crippen molar-refractivity contribution in [3.05, 3.63) is 0 Å². The Hall–Kier alpha value is -0.330. The molecule has 0 aromatic carbocycles. The highest BCUT2D eigenvalue weighted by Gasteiger charge is 2.34. The fraction of sp³-hybridized carbons (Fsp3) is 1.00. The molecular formula is C14H25F3N2O. The summed E-state index contributed by atoms with van der Waals surface area (Å²) in [5, 5.41) is 3.53. The zero-order valence-corrected chi connectivity index (χ0v) is 12.1. The molecule has 2 fully saturated rings. The number of halogens is 3. The average Bonchev–Trinajstić information content (AvgIpc) is 2.82. The van der Waals surface area contributed by atoms with Crippen molar-refractivity contribution in [2.24, 2.45) is 5.92 Å². The Balaban J connectivity index is 1.61. The van der Waals surface area contributed by atoms with Gasteiger partial charge < -0.3 is 10.1 Å². The third-order valence-electron chi connectivity index (χ3n) is 4.48. The Bertz CT molecular complexity index is 291. The maximum atomic E-state index is 12.3. The Labute approximate surface area is 118 Å². The molecule has 1 atom stereocenters. The number of nitrogens with zero attached hydrogens (tertiary/aromatic N) is 1. The van der Waals surface area contributed by atoms with Crippen LogP contribution in [0.2, 0.25) is 0 Å². The van der Waals surface area contributed by atoms with Gasteiger partial charge in [0.1, 0.15) is 0 Å². The van der Waals surface area contributed by atoms with Gasteiger partial charge in [-0.05, 0) is 51.1 Å². The molecule has 1 aliphatic carbocycles. The Morgan fingerprint density at radius 3 is 2.45 bits per heavy atom. The van der Waals surface area contributed by atoms with Gasteiger partial charge in [0.25, 0.3) is 0 Å². The van der Waals surface area contributed by atoms with E-state index in [1.807, 2.05) is 0 Å². The van der Waals surface area contributed by atoms with E-state index in [0.29, 0.717) is 31.2 Å². The Morgan fingerprint density at radius 2 is 1.85 bits per heavy atom. The molecule has 0 amide bonds. The largest absolute Gasteiger partial charge is 0.401 e. The van der Waals surface area contributed by atoms with Crippen molar-refractivity contribution in [3.63, 3.8) is 0 Å². The summed E-state index contributed by atoms with van der Waals surface area (Å²) in [6, 6.07) is 0.512. The number of rotatable bonds is 5. The predicted molar refractivity (Wildman–Crippen MR) is 71.7 cm³/mol.